The van der Waals surface area contributed by atoms with Crippen LogP contribution in [-0.4, -0.2) is 11.1 Å². The number of halogens is 1. The van der Waals surface area contributed by atoms with Crippen LogP contribution in [0, 0.1) is 24.0 Å². The number of aryl methyl sites for hydroxylation is 2. The van der Waals surface area contributed by atoms with Crippen molar-refractivity contribution in [2.75, 3.05) is 0 Å². The van der Waals surface area contributed by atoms with Gasteiger partial charge in [-0.25, -0.2) is 0 Å². The van der Waals surface area contributed by atoms with E-state index in [0.717, 1.165) is 21.3 Å². The zero-order chi connectivity index (χ0) is 20.1. The maximum Gasteiger partial charge on any atom is 0.269 e. The molecule has 28 heavy (non-hydrogen) atoms. The van der Waals surface area contributed by atoms with Gasteiger partial charge >= 0.3 is 0 Å². The van der Waals surface area contributed by atoms with Crippen LogP contribution in [0.3, 0.4) is 0 Å². The zero-order valence-electron chi connectivity index (χ0n) is 15.6. The van der Waals surface area contributed by atoms with Gasteiger partial charge in [-0.05, 0) is 94.5 Å². The second kappa shape index (κ2) is 8.80. The first-order valence-corrected chi connectivity index (χ1v) is 9.49. The van der Waals surface area contributed by atoms with E-state index in [2.05, 4.69) is 46.9 Å². The monoisotopic (exact) mass is 438 g/mol. The summed E-state index contributed by atoms with van der Waals surface area (Å²) in [6, 6.07) is 18.2. The SMILES string of the molecule is Cc1ccc(N=Cc2ccc(OCc3ccc([N+](=O)[O-])cc3)c(Br)c2)cc1C. The lowest BCUT2D eigenvalue weighted by Gasteiger charge is -2.09. The van der Waals surface area contributed by atoms with Gasteiger partial charge in [0.05, 0.1) is 15.1 Å². The first-order valence-electron chi connectivity index (χ1n) is 8.69. The summed E-state index contributed by atoms with van der Waals surface area (Å²) in [7, 11) is 0. The van der Waals surface area contributed by atoms with E-state index >= 15 is 0 Å². The average Bonchev–Trinajstić information content (AvgIpc) is 2.68. The molecule has 3 rings (SSSR count). The molecule has 0 spiro atoms. The Labute approximate surface area is 172 Å². The number of hydrogen-bond acceptors (Lipinski definition) is 4. The highest BCUT2D eigenvalue weighted by atomic mass is 79.9. The minimum absolute atomic E-state index is 0.0670. The normalized spacial score (nSPS) is 11.0. The van der Waals surface area contributed by atoms with E-state index in [-0.39, 0.29) is 5.69 Å². The Morgan fingerprint density at radius 3 is 2.43 bits per heavy atom. The van der Waals surface area contributed by atoms with Crippen molar-refractivity contribution in [2.24, 2.45) is 4.99 Å². The third-order valence-corrected chi connectivity index (χ3v) is 4.97. The number of non-ortho nitro benzene ring substituents is 1. The first kappa shape index (κ1) is 19.8. The minimum Gasteiger partial charge on any atom is -0.488 e. The smallest absolute Gasteiger partial charge is 0.269 e. The van der Waals surface area contributed by atoms with Crippen molar-refractivity contribution >= 4 is 33.5 Å². The molecule has 0 bridgehead atoms. The Morgan fingerprint density at radius 1 is 1.04 bits per heavy atom. The summed E-state index contributed by atoms with van der Waals surface area (Å²) >= 11 is 3.52. The van der Waals surface area contributed by atoms with Gasteiger partial charge in [-0.2, -0.15) is 0 Å². The van der Waals surface area contributed by atoms with E-state index in [0.29, 0.717) is 12.4 Å². The molecule has 5 nitrogen and oxygen atoms in total. The Hall–Kier alpha value is -2.99. The number of benzene rings is 3. The van der Waals surface area contributed by atoms with Crippen molar-refractivity contribution < 1.29 is 9.66 Å². The fraction of sp³-hybridized carbons (Fsp3) is 0.136. The second-order valence-corrected chi connectivity index (χ2v) is 7.28. The van der Waals surface area contributed by atoms with Crippen LogP contribution >= 0.6 is 15.9 Å². The van der Waals surface area contributed by atoms with Crippen molar-refractivity contribution in [1.29, 1.82) is 0 Å². The highest BCUT2D eigenvalue weighted by Gasteiger charge is 2.06. The van der Waals surface area contributed by atoms with Crippen LogP contribution in [0.15, 0.2) is 70.1 Å². The summed E-state index contributed by atoms with van der Waals surface area (Å²) in [5, 5.41) is 10.7. The summed E-state index contributed by atoms with van der Waals surface area (Å²) < 4.78 is 6.63. The van der Waals surface area contributed by atoms with Gasteiger partial charge in [0.2, 0.25) is 0 Å². The maximum absolute atomic E-state index is 10.7. The highest BCUT2D eigenvalue weighted by Crippen LogP contribution is 2.27. The summed E-state index contributed by atoms with van der Waals surface area (Å²) in [5.41, 5.74) is 5.25. The Kier molecular flexibility index (Phi) is 6.21. The predicted molar refractivity (Wildman–Crippen MR) is 115 cm³/mol. The fourth-order valence-electron chi connectivity index (χ4n) is 2.54. The van der Waals surface area contributed by atoms with E-state index in [9.17, 15) is 10.1 Å². The van der Waals surface area contributed by atoms with Crippen LogP contribution < -0.4 is 4.74 Å². The molecule has 0 N–H and O–H groups in total. The molecule has 0 saturated heterocycles. The molecule has 0 heterocycles. The molecule has 0 aliphatic heterocycles. The largest absolute Gasteiger partial charge is 0.488 e. The number of rotatable bonds is 6. The van der Waals surface area contributed by atoms with Gasteiger partial charge < -0.3 is 4.74 Å². The lowest BCUT2D eigenvalue weighted by Crippen LogP contribution is -1.97. The second-order valence-electron chi connectivity index (χ2n) is 6.43. The van der Waals surface area contributed by atoms with Crippen LogP contribution in [0.5, 0.6) is 5.75 Å². The first-order chi connectivity index (χ1) is 13.4. The van der Waals surface area contributed by atoms with Crippen LogP contribution in [-0.2, 0) is 6.61 Å². The van der Waals surface area contributed by atoms with Gasteiger partial charge in [0.25, 0.3) is 5.69 Å². The summed E-state index contributed by atoms with van der Waals surface area (Å²) in [5.74, 6) is 0.696. The molecule has 0 aliphatic rings. The molecule has 3 aromatic rings. The highest BCUT2D eigenvalue weighted by molar-refractivity contribution is 9.10. The molecule has 142 valence electrons. The van der Waals surface area contributed by atoms with Crippen molar-refractivity contribution in [3.63, 3.8) is 0 Å². The van der Waals surface area contributed by atoms with Crippen LogP contribution in [0.2, 0.25) is 0 Å². The van der Waals surface area contributed by atoms with E-state index < -0.39 is 4.92 Å². The summed E-state index contributed by atoms with van der Waals surface area (Å²) in [6.07, 6.45) is 1.81. The van der Waals surface area contributed by atoms with E-state index in [1.165, 1.54) is 23.3 Å². The standard InChI is InChI=1S/C22H19BrN2O3/c1-15-3-7-19(11-16(15)2)24-13-18-6-10-22(21(23)12-18)28-14-17-4-8-20(9-5-17)25(26)27/h3-13H,14H2,1-2H3. The minimum atomic E-state index is -0.417. The molecule has 3 aromatic carbocycles. The molecule has 0 amide bonds. The van der Waals surface area contributed by atoms with Gasteiger partial charge in [0.1, 0.15) is 12.4 Å². The molecule has 0 radical (unpaired) electrons. The molecular weight excluding hydrogens is 420 g/mol. The third-order valence-electron chi connectivity index (χ3n) is 4.35. The van der Waals surface area contributed by atoms with Gasteiger partial charge in [0.15, 0.2) is 0 Å². The molecule has 0 aromatic heterocycles. The molecule has 6 heteroatoms. The summed E-state index contributed by atoms with van der Waals surface area (Å²) in [6.45, 7) is 4.48. The Bertz CT molecular complexity index is 1030. The number of aliphatic imine (C=N–C) groups is 1. The number of nitro benzene ring substituents is 1. The van der Waals surface area contributed by atoms with Crippen LogP contribution in [0.25, 0.3) is 0 Å². The molecule has 0 saturated carbocycles. The van der Waals surface area contributed by atoms with Crippen LogP contribution in [0.4, 0.5) is 11.4 Å². The van der Waals surface area contributed by atoms with Gasteiger partial charge in [-0.3, -0.25) is 15.1 Å². The Balaban J connectivity index is 1.65. The molecule has 0 unspecified atom stereocenters. The average molecular weight is 439 g/mol. The van der Waals surface area contributed by atoms with Crippen molar-refractivity contribution in [1.82, 2.24) is 0 Å². The van der Waals surface area contributed by atoms with Gasteiger partial charge in [-0.1, -0.05) is 6.07 Å². The fourth-order valence-corrected chi connectivity index (χ4v) is 3.06. The molecule has 0 aliphatic carbocycles. The quantitative estimate of drug-likeness (QED) is 0.257. The summed E-state index contributed by atoms with van der Waals surface area (Å²) in [4.78, 5) is 14.8. The molecular formula is C22H19BrN2O3. The van der Waals surface area contributed by atoms with E-state index in [4.69, 9.17) is 4.74 Å². The van der Waals surface area contributed by atoms with Crippen molar-refractivity contribution in [2.45, 2.75) is 20.5 Å². The number of nitrogens with zero attached hydrogens (tertiary/aromatic N) is 2. The predicted octanol–water partition coefficient (Wildman–Crippen LogP) is 6.30. The topological polar surface area (TPSA) is 64.7 Å². The van der Waals surface area contributed by atoms with Crippen molar-refractivity contribution in [3.8, 4) is 5.75 Å². The number of ether oxygens (including phenoxy) is 1. The zero-order valence-corrected chi connectivity index (χ0v) is 17.1. The van der Waals surface area contributed by atoms with E-state index in [1.54, 1.807) is 12.1 Å². The molecule has 0 atom stereocenters. The maximum atomic E-state index is 10.7. The number of nitro groups is 1. The lowest BCUT2D eigenvalue weighted by molar-refractivity contribution is -0.384. The van der Waals surface area contributed by atoms with Gasteiger partial charge in [0, 0.05) is 18.3 Å². The lowest BCUT2D eigenvalue weighted by atomic mass is 10.1. The molecule has 0 fully saturated rings. The van der Waals surface area contributed by atoms with Gasteiger partial charge in [-0.15, -0.1) is 0 Å². The van der Waals surface area contributed by atoms with Crippen LogP contribution in [0.1, 0.15) is 22.3 Å². The van der Waals surface area contributed by atoms with E-state index in [1.807, 2.05) is 30.5 Å². The third kappa shape index (κ3) is 5.04. The number of hydrogen-bond donors (Lipinski definition) is 0. The van der Waals surface area contributed by atoms with Crippen molar-refractivity contribution in [3.05, 3.63) is 97.5 Å². The Morgan fingerprint density at radius 2 is 1.79 bits per heavy atom.